The van der Waals surface area contributed by atoms with Crippen molar-refractivity contribution in [2.24, 2.45) is 0 Å². The topological polar surface area (TPSA) is 38.7 Å². The Morgan fingerprint density at radius 3 is 1.36 bits per heavy atom. The molecular formula is C51H33N3S. The molecule has 0 unspecified atom stereocenters. The van der Waals surface area contributed by atoms with Crippen LogP contribution in [-0.4, -0.2) is 15.0 Å². The van der Waals surface area contributed by atoms with Gasteiger partial charge in [-0.25, -0.2) is 15.0 Å². The molecule has 0 atom stereocenters. The van der Waals surface area contributed by atoms with Gasteiger partial charge in [-0.1, -0.05) is 164 Å². The van der Waals surface area contributed by atoms with Crippen LogP contribution in [0.25, 0.3) is 98.8 Å². The lowest BCUT2D eigenvalue weighted by atomic mass is 9.89. The van der Waals surface area contributed by atoms with Gasteiger partial charge >= 0.3 is 0 Å². The Bertz CT molecular complexity index is 2900. The smallest absolute Gasteiger partial charge is 0.164 e. The monoisotopic (exact) mass is 719 g/mol. The molecule has 0 spiro atoms. The maximum absolute atomic E-state index is 5.12. The van der Waals surface area contributed by atoms with Gasteiger partial charge in [0.15, 0.2) is 17.5 Å². The van der Waals surface area contributed by atoms with Gasteiger partial charge in [-0.05, 0) is 80.9 Å². The summed E-state index contributed by atoms with van der Waals surface area (Å²) in [6, 6.07) is 70.7. The van der Waals surface area contributed by atoms with Crippen molar-refractivity contribution in [3.63, 3.8) is 0 Å². The van der Waals surface area contributed by atoms with Crippen LogP contribution >= 0.6 is 11.3 Å². The first kappa shape index (κ1) is 32.6. The fraction of sp³-hybridized carbons (Fsp3) is 0. The van der Waals surface area contributed by atoms with Crippen LogP contribution in [-0.2, 0) is 0 Å². The summed E-state index contributed by atoms with van der Waals surface area (Å²) in [7, 11) is 0. The Kier molecular flexibility index (Phi) is 8.36. The van der Waals surface area contributed by atoms with Crippen molar-refractivity contribution in [2.75, 3.05) is 0 Å². The Morgan fingerprint density at radius 2 is 0.745 bits per heavy atom. The molecule has 258 valence electrons. The number of hydrogen-bond acceptors (Lipinski definition) is 4. The van der Waals surface area contributed by atoms with Gasteiger partial charge < -0.3 is 0 Å². The second-order valence-electron chi connectivity index (χ2n) is 13.6. The van der Waals surface area contributed by atoms with Crippen LogP contribution in [0.2, 0.25) is 0 Å². The van der Waals surface area contributed by atoms with E-state index in [1.54, 1.807) is 11.3 Å². The van der Waals surface area contributed by atoms with E-state index in [0.717, 1.165) is 33.2 Å². The normalized spacial score (nSPS) is 11.3. The molecule has 0 radical (unpaired) electrons. The summed E-state index contributed by atoms with van der Waals surface area (Å²) in [5.74, 6) is 1.97. The van der Waals surface area contributed by atoms with Crippen molar-refractivity contribution >= 4 is 31.5 Å². The lowest BCUT2D eigenvalue weighted by Gasteiger charge is -2.15. The van der Waals surface area contributed by atoms with Gasteiger partial charge in [-0.3, -0.25) is 0 Å². The maximum atomic E-state index is 5.12. The molecule has 0 aliphatic rings. The third kappa shape index (κ3) is 6.29. The van der Waals surface area contributed by atoms with E-state index in [1.165, 1.54) is 48.2 Å². The van der Waals surface area contributed by atoms with E-state index >= 15 is 0 Å². The van der Waals surface area contributed by atoms with E-state index in [9.17, 15) is 0 Å². The molecule has 0 aliphatic carbocycles. The minimum Gasteiger partial charge on any atom is -0.208 e. The number of fused-ring (bicyclic) bond motifs is 3. The summed E-state index contributed by atoms with van der Waals surface area (Å²) in [5.41, 5.74) is 12.4. The zero-order valence-corrected chi connectivity index (χ0v) is 30.6. The Hall–Kier alpha value is -7.01. The molecule has 55 heavy (non-hydrogen) atoms. The Balaban J connectivity index is 1.17. The van der Waals surface area contributed by atoms with Gasteiger partial charge in [-0.2, -0.15) is 0 Å². The number of benzene rings is 8. The quantitative estimate of drug-likeness (QED) is 0.165. The molecule has 0 saturated heterocycles. The largest absolute Gasteiger partial charge is 0.208 e. The summed E-state index contributed by atoms with van der Waals surface area (Å²) in [5, 5.41) is 2.34. The van der Waals surface area contributed by atoms with E-state index in [-0.39, 0.29) is 0 Å². The number of nitrogens with zero attached hydrogens (tertiary/aromatic N) is 3. The molecule has 8 aromatic carbocycles. The molecule has 10 rings (SSSR count). The molecule has 0 aliphatic heterocycles. The van der Waals surface area contributed by atoms with Gasteiger partial charge in [0.05, 0.1) is 0 Å². The second kappa shape index (κ2) is 14.1. The maximum Gasteiger partial charge on any atom is 0.164 e. The highest BCUT2D eigenvalue weighted by molar-refractivity contribution is 7.26. The minimum absolute atomic E-state index is 0.655. The zero-order valence-electron chi connectivity index (χ0n) is 29.8. The second-order valence-corrected chi connectivity index (χ2v) is 14.7. The molecule has 0 fully saturated rings. The molecule has 0 amide bonds. The average molecular weight is 720 g/mol. The third-order valence-corrected chi connectivity index (χ3v) is 11.3. The van der Waals surface area contributed by atoms with Crippen LogP contribution in [0.15, 0.2) is 200 Å². The first-order valence-electron chi connectivity index (χ1n) is 18.4. The fourth-order valence-electron chi connectivity index (χ4n) is 7.47. The molecule has 2 aromatic heterocycles. The molecule has 4 heteroatoms. The van der Waals surface area contributed by atoms with Crippen LogP contribution in [0.4, 0.5) is 0 Å². The number of aromatic nitrogens is 3. The van der Waals surface area contributed by atoms with Gasteiger partial charge in [0.1, 0.15) is 0 Å². The van der Waals surface area contributed by atoms with Crippen LogP contribution in [0.3, 0.4) is 0 Å². The summed E-state index contributed by atoms with van der Waals surface area (Å²) in [4.78, 5) is 15.2. The fourth-order valence-corrected chi connectivity index (χ4v) is 8.59. The van der Waals surface area contributed by atoms with Gasteiger partial charge in [0, 0.05) is 36.9 Å². The standard InChI is InChI=1S/C51H33N3S/c1-5-16-34(17-6-1)39-30-40(32-41(31-39)43-25-14-13-24-42(43)35-18-7-2-8-19-35)38-28-29-46-45(33-38)48-44(26-15-27-47(48)55-46)51-53-49(36-20-9-3-10-21-36)52-50(54-51)37-22-11-4-12-23-37/h1-33H. The van der Waals surface area contributed by atoms with Gasteiger partial charge in [0.2, 0.25) is 0 Å². The molecule has 2 heterocycles. The predicted octanol–water partition coefficient (Wildman–Crippen LogP) is 13.9. The van der Waals surface area contributed by atoms with Crippen LogP contribution in [0.1, 0.15) is 0 Å². The summed E-state index contributed by atoms with van der Waals surface area (Å²) >= 11 is 1.80. The van der Waals surface area contributed by atoms with Crippen LogP contribution < -0.4 is 0 Å². The number of hydrogen-bond donors (Lipinski definition) is 0. The van der Waals surface area contributed by atoms with Crippen molar-refractivity contribution in [1.82, 2.24) is 15.0 Å². The van der Waals surface area contributed by atoms with E-state index in [1.807, 2.05) is 36.4 Å². The van der Waals surface area contributed by atoms with E-state index in [0.29, 0.717) is 17.5 Å². The first-order valence-corrected chi connectivity index (χ1v) is 19.3. The van der Waals surface area contributed by atoms with E-state index < -0.39 is 0 Å². The molecule has 0 saturated carbocycles. The number of thiophene rings is 1. The predicted molar refractivity (Wildman–Crippen MR) is 231 cm³/mol. The lowest BCUT2D eigenvalue weighted by Crippen LogP contribution is -2.00. The van der Waals surface area contributed by atoms with E-state index in [4.69, 9.17) is 15.0 Å². The average Bonchev–Trinajstić information content (AvgIpc) is 3.66. The highest BCUT2D eigenvalue weighted by Gasteiger charge is 2.18. The lowest BCUT2D eigenvalue weighted by molar-refractivity contribution is 1.08. The van der Waals surface area contributed by atoms with Crippen molar-refractivity contribution in [2.45, 2.75) is 0 Å². The molecule has 0 bridgehead atoms. The first-order chi connectivity index (χ1) is 27.2. The molecule has 3 nitrogen and oxygen atoms in total. The van der Waals surface area contributed by atoms with E-state index in [2.05, 4.69) is 164 Å². The van der Waals surface area contributed by atoms with Crippen LogP contribution in [0.5, 0.6) is 0 Å². The summed E-state index contributed by atoms with van der Waals surface area (Å²) in [6.45, 7) is 0. The third-order valence-electron chi connectivity index (χ3n) is 10.1. The minimum atomic E-state index is 0.655. The zero-order chi connectivity index (χ0) is 36.6. The summed E-state index contributed by atoms with van der Waals surface area (Å²) < 4.78 is 2.42. The van der Waals surface area contributed by atoms with Crippen molar-refractivity contribution in [3.05, 3.63) is 200 Å². The molecule has 0 N–H and O–H groups in total. The number of rotatable bonds is 7. The Labute approximate surface area is 323 Å². The van der Waals surface area contributed by atoms with Crippen molar-refractivity contribution in [1.29, 1.82) is 0 Å². The van der Waals surface area contributed by atoms with Crippen LogP contribution in [0, 0.1) is 0 Å². The van der Waals surface area contributed by atoms with Gasteiger partial charge in [0.25, 0.3) is 0 Å². The highest BCUT2D eigenvalue weighted by Crippen LogP contribution is 2.43. The summed E-state index contributed by atoms with van der Waals surface area (Å²) in [6.07, 6.45) is 0. The molecular weight excluding hydrogens is 687 g/mol. The highest BCUT2D eigenvalue weighted by atomic mass is 32.1. The van der Waals surface area contributed by atoms with Crippen molar-refractivity contribution < 1.29 is 0 Å². The SMILES string of the molecule is c1ccc(-c2cc(-c3ccc4sc5cccc(-c6nc(-c7ccccc7)nc(-c7ccccc7)n6)c5c4c3)cc(-c3ccccc3-c3ccccc3)c2)cc1. The van der Waals surface area contributed by atoms with Gasteiger partial charge in [-0.15, -0.1) is 11.3 Å². The molecule has 10 aromatic rings. The van der Waals surface area contributed by atoms with Crippen molar-refractivity contribution in [3.8, 4) is 78.7 Å². The Morgan fingerprint density at radius 1 is 0.273 bits per heavy atom.